The van der Waals surface area contributed by atoms with Crippen LogP contribution in [-0.2, 0) is 16.8 Å². The van der Waals surface area contributed by atoms with Crippen molar-refractivity contribution in [3.05, 3.63) is 51.7 Å². The van der Waals surface area contributed by atoms with E-state index in [1.54, 1.807) is 16.4 Å². The Hall–Kier alpha value is -2.07. The fourth-order valence-electron chi connectivity index (χ4n) is 4.61. The first kappa shape index (κ1) is 25.6. The van der Waals surface area contributed by atoms with Gasteiger partial charge in [-0.2, -0.15) is 17.6 Å². The molecule has 182 valence electrons. The van der Waals surface area contributed by atoms with Crippen molar-refractivity contribution in [2.75, 3.05) is 13.1 Å². The monoisotopic (exact) mass is 489 g/mol. The zero-order chi connectivity index (χ0) is 24.7. The summed E-state index contributed by atoms with van der Waals surface area (Å²) in [5.41, 5.74) is -1.08. The highest BCUT2D eigenvalue weighted by molar-refractivity contribution is 7.10. The number of aromatic nitrogens is 1. The number of rotatable bonds is 7. The van der Waals surface area contributed by atoms with Crippen molar-refractivity contribution in [1.29, 1.82) is 0 Å². The average molecular weight is 490 g/mol. The van der Waals surface area contributed by atoms with Gasteiger partial charge in [-0.25, -0.2) is 4.39 Å². The van der Waals surface area contributed by atoms with E-state index in [0.29, 0.717) is 4.88 Å². The summed E-state index contributed by atoms with van der Waals surface area (Å²) in [7, 11) is 0. The molecule has 0 bridgehead atoms. The Morgan fingerprint density at radius 3 is 2.42 bits per heavy atom. The fourth-order valence-corrected chi connectivity index (χ4v) is 5.34. The molecule has 1 aliphatic heterocycles. The molecule has 1 aliphatic rings. The van der Waals surface area contributed by atoms with Gasteiger partial charge >= 0.3 is 6.18 Å². The summed E-state index contributed by atoms with van der Waals surface area (Å²) in [6.45, 7) is 6.38. The Morgan fingerprint density at radius 1 is 1.21 bits per heavy atom. The minimum Gasteiger partial charge on any atom is -0.316 e. The van der Waals surface area contributed by atoms with Gasteiger partial charge in [0, 0.05) is 41.2 Å². The second kappa shape index (κ2) is 8.94. The Labute approximate surface area is 194 Å². The van der Waals surface area contributed by atoms with Gasteiger partial charge in [0.2, 0.25) is 5.91 Å². The number of carbonyl (C=O) groups excluding carboxylic acids is 1. The lowest BCUT2D eigenvalue weighted by atomic mass is 9.72. The summed E-state index contributed by atoms with van der Waals surface area (Å²) in [5, 5.41) is 1.15. The normalized spacial score (nSPS) is 21.7. The van der Waals surface area contributed by atoms with Gasteiger partial charge in [-0.15, -0.1) is 11.3 Å². The van der Waals surface area contributed by atoms with E-state index in [0.717, 1.165) is 29.5 Å². The third kappa shape index (κ3) is 4.91. The van der Waals surface area contributed by atoms with E-state index in [1.807, 2.05) is 32.9 Å². The quantitative estimate of drug-likeness (QED) is 0.412. The largest absolute Gasteiger partial charge is 0.442 e. The lowest BCUT2D eigenvalue weighted by Crippen LogP contribution is -2.66. The molecule has 2 aromatic heterocycles. The molecular formula is C23H28F5N3OS. The van der Waals surface area contributed by atoms with Gasteiger partial charge in [-0.1, -0.05) is 6.07 Å². The van der Waals surface area contributed by atoms with Gasteiger partial charge in [0.1, 0.15) is 0 Å². The highest BCUT2D eigenvalue weighted by atomic mass is 32.1. The number of amides is 1. The molecule has 33 heavy (non-hydrogen) atoms. The first-order valence-corrected chi connectivity index (χ1v) is 11.5. The third-order valence-corrected chi connectivity index (χ3v) is 7.64. The molecule has 2 unspecified atom stereocenters. The fraction of sp³-hybridized carbons (Fsp3) is 0.565. The van der Waals surface area contributed by atoms with Crippen LogP contribution in [0, 0.1) is 17.5 Å². The summed E-state index contributed by atoms with van der Waals surface area (Å²) in [5.74, 6) is -5.03. The average Bonchev–Trinajstić information content (AvgIpc) is 3.33. The molecule has 3 rings (SSSR count). The Morgan fingerprint density at radius 2 is 1.91 bits per heavy atom. The number of thiophene rings is 1. The summed E-state index contributed by atoms with van der Waals surface area (Å²) >= 11 is 0.827. The summed E-state index contributed by atoms with van der Waals surface area (Å²) in [4.78, 5) is 18.3. The SMILES string of the molecule is CC(=O)NC(F)(C(F)(F)F)C1(CCc2ccc(F)s2)CCN(C(C)(C)c2ccc(C)nc2)C1. The zero-order valence-corrected chi connectivity index (χ0v) is 19.8. The van der Waals surface area contributed by atoms with Crippen LogP contribution in [0.3, 0.4) is 0 Å². The number of hydrogen-bond donors (Lipinski definition) is 1. The second-order valence-electron chi connectivity index (χ2n) is 9.24. The van der Waals surface area contributed by atoms with Crippen molar-refractivity contribution >= 4 is 17.2 Å². The predicted octanol–water partition coefficient (Wildman–Crippen LogP) is 5.51. The Bertz CT molecular complexity index is 991. The number of nitrogens with one attached hydrogen (secondary N) is 1. The van der Waals surface area contributed by atoms with Gasteiger partial charge in [-0.05, 0) is 70.3 Å². The van der Waals surface area contributed by atoms with E-state index in [2.05, 4.69) is 4.98 Å². The maximum absolute atomic E-state index is 16.1. The van der Waals surface area contributed by atoms with Crippen LogP contribution in [0.1, 0.15) is 49.7 Å². The summed E-state index contributed by atoms with van der Waals surface area (Å²) in [6.07, 6.45) is -3.92. The molecule has 2 atom stereocenters. The van der Waals surface area contributed by atoms with Crippen LogP contribution in [0.5, 0.6) is 0 Å². The lowest BCUT2D eigenvalue weighted by Gasteiger charge is -2.45. The smallest absolute Gasteiger partial charge is 0.316 e. The van der Waals surface area contributed by atoms with Crippen molar-refractivity contribution in [3.8, 4) is 0 Å². The van der Waals surface area contributed by atoms with E-state index < -0.39 is 34.0 Å². The number of nitrogens with zero attached hydrogens (tertiary/aromatic N) is 2. The maximum Gasteiger partial charge on any atom is 0.442 e. The molecule has 0 spiro atoms. The molecule has 0 aromatic carbocycles. The molecule has 1 N–H and O–H groups in total. The van der Waals surface area contributed by atoms with Crippen molar-refractivity contribution in [3.63, 3.8) is 0 Å². The molecule has 0 saturated carbocycles. The van der Waals surface area contributed by atoms with Gasteiger partial charge < -0.3 is 5.32 Å². The van der Waals surface area contributed by atoms with Gasteiger partial charge in [-0.3, -0.25) is 14.7 Å². The van der Waals surface area contributed by atoms with E-state index in [4.69, 9.17) is 0 Å². The number of halogens is 5. The molecule has 1 fully saturated rings. The molecular weight excluding hydrogens is 461 g/mol. The predicted molar refractivity (Wildman–Crippen MR) is 117 cm³/mol. The lowest BCUT2D eigenvalue weighted by molar-refractivity contribution is -0.281. The molecule has 0 aliphatic carbocycles. The minimum atomic E-state index is -5.33. The minimum absolute atomic E-state index is 0.0658. The van der Waals surface area contributed by atoms with Crippen LogP contribution in [0.15, 0.2) is 30.5 Å². The topological polar surface area (TPSA) is 45.2 Å². The van der Waals surface area contributed by atoms with Crippen LogP contribution in [0.2, 0.25) is 0 Å². The number of alkyl halides is 4. The summed E-state index contributed by atoms with van der Waals surface area (Å²) < 4.78 is 72.1. The van der Waals surface area contributed by atoms with Crippen molar-refractivity contribution in [1.82, 2.24) is 15.2 Å². The number of pyridine rings is 1. The van der Waals surface area contributed by atoms with Gasteiger partial charge in [0.25, 0.3) is 5.79 Å². The Kier molecular flexibility index (Phi) is 6.92. The second-order valence-corrected chi connectivity index (χ2v) is 10.4. The van der Waals surface area contributed by atoms with Crippen molar-refractivity contribution < 1.29 is 26.7 Å². The molecule has 2 aromatic rings. The molecule has 1 saturated heterocycles. The zero-order valence-electron chi connectivity index (χ0n) is 19.0. The number of hydrogen-bond acceptors (Lipinski definition) is 4. The van der Waals surface area contributed by atoms with Gasteiger partial charge in [0.15, 0.2) is 5.13 Å². The number of likely N-dealkylation sites (tertiary alicyclic amines) is 1. The van der Waals surface area contributed by atoms with E-state index in [9.17, 15) is 22.4 Å². The van der Waals surface area contributed by atoms with Gasteiger partial charge in [0.05, 0.1) is 0 Å². The third-order valence-electron chi connectivity index (χ3n) is 6.71. The van der Waals surface area contributed by atoms with E-state index in [-0.39, 0.29) is 32.4 Å². The molecule has 4 nitrogen and oxygen atoms in total. The number of carbonyl (C=O) groups is 1. The van der Waals surface area contributed by atoms with Crippen molar-refractivity contribution in [2.24, 2.45) is 5.41 Å². The first-order valence-electron chi connectivity index (χ1n) is 10.7. The highest BCUT2D eigenvalue weighted by Crippen LogP contribution is 2.54. The molecule has 3 heterocycles. The van der Waals surface area contributed by atoms with E-state index >= 15 is 4.39 Å². The van der Waals surface area contributed by atoms with Crippen molar-refractivity contribution in [2.45, 2.75) is 64.5 Å². The molecule has 0 radical (unpaired) electrons. The molecule has 10 heteroatoms. The van der Waals surface area contributed by atoms with Crippen LogP contribution in [0.25, 0.3) is 0 Å². The Balaban J connectivity index is 2.00. The highest BCUT2D eigenvalue weighted by Gasteiger charge is 2.70. The van der Waals surface area contributed by atoms with E-state index in [1.165, 1.54) is 12.1 Å². The number of aryl methyl sites for hydroxylation is 2. The van der Waals surface area contributed by atoms with Crippen LogP contribution >= 0.6 is 11.3 Å². The molecule has 1 amide bonds. The summed E-state index contributed by atoms with van der Waals surface area (Å²) in [6, 6.07) is 6.41. The first-order chi connectivity index (χ1) is 15.2. The van der Waals surface area contributed by atoms with Crippen LogP contribution < -0.4 is 5.32 Å². The standard InChI is InChI=1S/C23H28F5N3OS/c1-15-5-6-17(13-29-15)20(3,4)31-12-11-21(14-31,10-9-18-7-8-19(24)33-18)22(25,23(26,27)28)30-16(2)32/h5-8,13H,9-12,14H2,1-4H3,(H,30,32). The maximum atomic E-state index is 16.1. The van der Waals surface area contributed by atoms with Crippen LogP contribution in [0.4, 0.5) is 22.0 Å². The van der Waals surface area contributed by atoms with Crippen LogP contribution in [-0.4, -0.2) is 40.8 Å².